The second-order valence-electron chi connectivity index (χ2n) is 5.49. The molecule has 3 aromatic rings. The first kappa shape index (κ1) is 15.2. The third-order valence-electron chi connectivity index (χ3n) is 4.04. The van der Waals surface area contributed by atoms with E-state index < -0.39 is 0 Å². The van der Waals surface area contributed by atoms with Gasteiger partial charge < -0.3 is 10.2 Å². The van der Waals surface area contributed by atoms with Gasteiger partial charge in [-0.15, -0.1) is 11.3 Å². The Labute approximate surface area is 148 Å². The van der Waals surface area contributed by atoms with Crippen molar-refractivity contribution in [3.05, 3.63) is 82.6 Å². The molecule has 1 aromatic carbocycles. The van der Waals surface area contributed by atoms with E-state index in [1.165, 1.54) is 17.0 Å². The average molecular weight is 355 g/mol. The summed E-state index contributed by atoms with van der Waals surface area (Å²) in [6.07, 6.45) is 1.78. The number of hydrogen-bond acceptors (Lipinski definition) is 3. The number of nitrogens with zero attached hydrogens (tertiary/aromatic N) is 2. The summed E-state index contributed by atoms with van der Waals surface area (Å²) in [5, 5.41) is 6.05. The molecule has 1 aliphatic heterocycles. The smallest absolute Gasteiger partial charge is 0.174 e. The van der Waals surface area contributed by atoms with Crippen molar-refractivity contribution in [2.45, 2.75) is 12.1 Å². The van der Waals surface area contributed by atoms with Gasteiger partial charge in [-0.05, 0) is 60.1 Å². The van der Waals surface area contributed by atoms with Crippen LogP contribution in [0, 0.1) is 5.82 Å². The van der Waals surface area contributed by atoms with Gasteiger partial charge >= 0.3 is 0 Å². The van der Waals surface area contributed by atoms with Gasteiger partial charge in [0, 0.05) is 16.8 Å². The lowest BCUT2D eigenvalue weighted by Crippen LogP contribution is -2.29. The number of aromatic nitrogens is 1. The number of rotatable bonds is 3. The SMILES string of the molecule is Fc1ccc(N2C(=S)N[C@@H](c3ccccn3)[C@@H]2c2cccs2)cc1. The highest BCUT2D eigenvalue weighted by Gasteiger charge is 2.41. The van der Waals surface area contributed by atoms with Crippen molar-refractivity contribution in [3.63, 3.8) is 0 Å². The van der Waals surface area contributed by atoms with Gasteiger partial charge in [-0.25, -0.2) is 4.39 Å². The third kappa shape index (κ3) is 2.68. The van der Waals surface area contributed by atoms with Gasteiger partial charge in [-0.1, -0.05) is 12.1 Å². The monoisotopic (exact) mass is 355 g/mol. The topological polar surface area (TPSA) is 28.2 Å². The molecule has 0 radical (unpaired) electrons. The molecule has 6 heteroatoms. The standard InChI is InChI=1S/C18H14FN3S2/c19-12-6-8-13(9-7-12)22-17(15-5-3-11-24-15)16(21-18(22)23)14-4-1-2-10-20-14/h1-11,16-17H,(H,21,23)/t16-,17-/m0/s1. The number of hydrogen-bond donors (Lipinski definition) is 1. The summed E-state index contributed by atoms with van der Waals surface area (Å²) < 4.78 is 13.3. The fraction of sp³-hybridized carbons (Fsp3) is 0.111. The maximum atomic E-state index is 13.3. The first-order valence-corrected chi connectivity index (χ1v) is 8.82. The van der Waals surface area contributed by atoms with Crippen LogP contribution in [0.3, 0.4) is 0 Å². The van der Waals surface area contributed by atoms with Crippen LogP contribution in [0.15, 0.2) is 66.2 Å². The van der Waals surface area contributed by atoms with Crippen molar-refractivity contribution in [1.82, 2.24) is 10.3 Å². The van der Waals surface area contributed by atoms with Crippen molar-refractivity contribution in [1.29, 1.82) is 0 Å². The Bertz CT molecular complexity index is 834. The molecule has 1 aliphatic rings. The molecule has 0 saturated carbocycles. The lowest BCUT2D eigenvalue weighted by molar-refractivity contribution is 0.575. The van der Waals surface area contributed by atoms with Gasteiger partial charge in [0.15, 0.2) is 5.11 Å². The van der Waals surface area contributed by atoms with E-state index in [2.05, 4.69) is 21.7 Å². The van der Waals surface area contributed by atoms with Crippen LogP contribution in [-0.4, -0.2) is 10.1 Å². The first-order valence-electron chi connectivity index (χ1n) is 7.53. The molecule has 0 spiro atoms. The van der Waals surface area contributed by atoms with Gasteiger partial charge in [0.2, 0.25) is 0 Å². The normalized spacial score (nSPS) is 20.2. The summed E-state index contributed by atoms with van der Waals surface area (Å²) in [6, 6.07) is 16.3. The molecule has 3 nitrogen and oxygen atoms in total. The highest BCUT2D eigenvalue weighted by molar-refractivity contribution is 7.80. The van der Waals surface area contributed by atoms with E-state index in [0.29, 0.717) is 5.11 Å². The van der Waals surface area contributed by atoms with E-state index in [0.717, 1.165) is 11.4 Å². The van der Waals surface area contributed by atoms with E-state index in [9.17, 15) is 4.39 Å². The molecular formula is C18H14FN3S2. The van der Waals surface area contributed by atoms with Crippen molar-refractivity contribution in [3.8, 4) is 0 Å². The Morgan fingerprint density at radius 1 is 1.08 bits per heavy atom. The molecule has 0 unspecified atom stereocenters. The molecule has 1 fully saturated rings. The number of halogens is 1. The summed E-state index contributed by atoms with van der Waals surface area (Å²) in [7, 11) is 0. The molecule has 0 bridgehead atoms. The minimum atomic E-state index is -0.259. The van der Waals surface area contributed by atoms with Crippen LogP contribution in [0.2, 0.25) is 0 Å². The Morgan fingerprint density at radius 2 is 1.92 bits per heavy atom. The molecule has 1 saturated heterocycles. The Kier molecular flexibility index (Phi) is 4.00. The summed E-state index contributed by atoms with van der Waals surface area (Å²) in [5.74, 6) is -0.259. The Balaban J connectivity index is 1.80. The van der Waals surface area contributed by atoms with Gasteiger partial charge in [0.05, 0.1) is 17.8 Å². The first-order chi connectivity index (χ1) is 11.7. The van der Waals surface area contributed by atoms with Gasteiger partial charge in [0.25, 0.3) is 0 Å². The third-order valence-corrected chi connectivity index (χ3v) is 5.30. The van der Waals surface area contributed by atoms with Crippen LogP contribution < -0.4 is 10.2 Å². The fourth-order valence-corrected chi connectivity index (χ4v) is 4.18. The lowest BCUT2D eigenvalue weighted by atomic mass is 10.0. The maximum absolute atomic E-state index is 13.3. The average Bonchev–Trinajstić information content (AvgIpc) is 3.24. The summed E-state index contributed by atoms with van der Waals surface area (Å²) in [5.41, 5.74) is 1.80. The van der Waals surface area contributed by atoms with E-state index in [1.54, 1.807) is 29.7 Å². The largest absolute Gasteiger partial charge is 0.351 e. The quantitative estimate of drug-likeness (QED) is 0.702. The zero-order chi connectivity index (χ0) is 16.5. The second kappa shape index (κ2) is 6.30. The van der Waals surface area contributed by atoms with Crippen molar-refractivity contribution < 1.29 is 4.39 Å². The van der Waals surface area contributed by atoms with Crippen LogP contribution in [0.5, 0.6) is 0 Å². The highest BCUT2D eigenvalue weighted by atomic mass is 32.1. The summed E-state index contributed by atoms with van der Waals surface area (Å²) in [6.45, 7) is 0. The molecule has 1 N–H and O–H groups in total. The van der Waals surface area contributed by atoms with Gasteiger partial charge in [-0.2, -0.15) is 0 Å². The molecule has 2 aromatic heterocycles. The number of thiophene rings is 1. The lowest BCUT2D eigenvalue weighted by Gasteiger charge is -2.26. The number of benzene rings is 1. The molecule has 120 valence electrons. The molecule has 3 heterocycles. The highest BCUT2D eigenvalue weighted by Crippen LogP contribution is 2.42. The predicted octanol–water partition coefficient (Wildman–Crippen LogP) is 4.46. The van der Waals surface area contributed by atoms with E-state index in [1.807, 2.05) is 29.2 Å². The zero-order valence-corrected chi connectivity index (χ0v) is 14.2. The number of anilines is 1. The summed E-state index contributed by atoms with van der Waals surface area (Å²) >= 11 is 7.26. The van der Waals surface area contributed by atoms with Crippen molar-refractivity contribution >= 4 is 34.4 Å². The molecule has 2 atom stereocenters. The predicted molar refractivity (Wildman–Crippen MR) is 98.7 cm³/mol. The minimum Gasteiger partial charge on any atom is -0.351 e. The molecule has 0 aliphatic carbocycles. The van der Waals surface area contributed by atoms with Crippen LogP contribution in [0.25, 0.3) is 0 Å². The Hall–Kier alpha value is -2.31. The Morgan fingerprint density at radius 3 is 2.58 bits per heavy atom. The molecule has 4 rings (SSSR count). The van der Waals surface area contributed by atoms with Crippen molar-refractivity contribution in [2.75, 3.05) is 4.90 Å². The molecule has 0 amide bonds. The number of nitrogens with one attached hydrogen (secondary N) is 1. The van der Waals surface area contributed by atoms with Crippen LogP contribution >= 0.6 is 23.6 Å². The van der Waals surface area contributed by atoms with Crippen LogP contribution in [0.4, 0.5) is 10.1 Å². The van der Waals surface area contributed by atoms with Crippen LogP contribution in [0.1, 0.15) is 22.7 Å². The minimum absolute atomic E-state index is 0.0159. The zero-order valence-electron chi connectivity index (χ0n) is 12.6. The molecular weight excluding hydrogens is 341 g/mol. The second-order valence-corrected chi connectivity index (χ2v) is 6.85. The molecule has 24 heavy (non-hydrogen) atoms. The van der Waals surface area contributed by atoms with Gasteiger partial charge in [0.1, 0.15) is 5.82 Å². The van der Waals surface area contributed by atoms with E-state index >= 15 is 0 Å². The van der Waals surface area contributed by atoms with Crippen LogP contribution in [-0.2, 0) is 0 Å². The van der Waals surface area contributed by atoms with E-state index in [4.69, 9.17) is 12.2 Å². The number of pyridine rings is 1. The van der Waals surface area contributed by atoms with E-state index in [-0.39, 0.29) is 17.9 Å². The maximum Gasteiger partial charge on any atom is 0.174 e. The van der Waals surface area contributed by atoms with Gasteiger partial charge in [-0.3, -0.25) is 4.98 Å². The fourth-order valence-electron chi connectivity index (χ4n) is 2.98. The van der Waals surface area contributed by atoms with Crippen molar-refractivity contribution in [2.24, 2.45) is 0 Å². The summed E-state index contributed by atoms with van der Waals surface area (Å²) in [4.78, 5) is 7.72. The number of thiocarbonyl (C=S) groups is 1.